The second kappa shape index (κ2) is 5.94. The molecule has 0 unspecified atom stereocenters. The summed E-state index contributed by atoms with van der Waals surface area (Å²) in [5, 5.41) is 16.7. The Bertz CT molecular complexity index is 1300. The zero-order chi connectivity index (χ0) is 19.4. The van der Waals surface area contributed by atoms with Crippen LogP contribution in [0.15, 0.2) is 103 Å². The Morgan fingerprint density at radius 2 is 1.00 bits per heavy atom. The zero-order valence-corrected chi connectivity index (χ0v) is 15.7. The summed E-state index contributed by atoms with van der Waals surface area (Å²) in [6.07, 6.45) is 0. The fraction of sp³-hybridized carbons (Fsp3) is 0.0370. The summed E-state index contributed by atoms with van der Waals surface area (Å²) in [7, 11) is 0. The first-order chi connectivity index (χ1) is 14.3. The minimum absolute atomic E-state index is 0.692. The molecule has 0 saturated heterocycles. The Hall–Kier alpha value is -3.62. The number of hydrogen-bond donors (Lipinski definition) is 1. The third-order valence-corrected chi connectivity index (χ3v) is 5.92. The predicted octanol–water partition coefficient (Wildman–Crippen LogP) is 6.38. The first kappa shape index (κ1) is 16.3. The number of benzene rings is 5. The summed E-state index contributed by atoms with van der Waals surface area (Å²) in [6, 6.07) is 34.2. The Morgan fingerprint density at radius 1 is 0.517 bits per heavy atom. The zero-order valence-electron chi connectivity index (χ0n) is 15.7. The molecule has 1 heterocycles. The molecule has 138 valence electrons. The quantitative estimate of drug-likeness (QED) is 0.369. The minimum atomic E-state index is -1.33. The average Bonchev–Trinajstić information content (AvgIpc) is 2.79. The normalized spacial score (nSPS) is 14.2. The second-order valence-corrected chi connectivity index (χ2v) is 7.50. The van der Waals surface area contributed by atoms with Crippen LogP contribution in [0.2, 0.25) is 0 Å². The van der Waals surface area contributed by atoms with Crippen molar-refractivity contribution < 1.29 is 9.84 Å². The van der Waals surface area contributed by atoms with E-state index in [0.29, 0.717) is 11.5 Å². The minimum Gasteiger partial charge on any atom is -0.456 e. The molecule has 6 rings (SSSR count). The van der Waals surface area contributed by atoms with Gasteiger partial charge in [0.1, 0.15) is 17.1 Å². The van der Waals surface area contributed by atoms with Crippen LogP contribution in [-0.2, 0) is 5.60 Å². The number of ether oxygens (including phenoxy) is 1. The van der Waals surface area contributed by atoms with Crippen LogP contribution in [0.5, 0.6) is 11.5 Å². The Balaban J connectivity index is 1.82. The van der Waals surface area contributed by atoms with Gasteiger partial charge in [-0.25, -0.2) is 0 Å². The van der Waals surface area contributed by atoms with Crippen molar-refractivity contribution in [2.24, 2.45) is 0 Å². The molecule has 2 heteroatoms. The van der Waals surface area contributed by atoms with Gasteiger partial charge in [0.25, 0.3) is 0 Å². The standard InChI is InChI=1S/C27H18O2/c28-27(20-10-2-1-3-11-20)25-21-12-6-4-8-18(21)14-16-23(25)29-24-17-15-19-9-5-7-13-22(19)26(24)27/h1-17,28H. The first-order valence-electron chi connectivity index (χ1n) is 9.77. The summed E-state index contributed by atoms with van der Waals surface area (Å²) in [4.78, 5) is 0. The van der Waals surface area contributed by atoms with Crippen molar-refractivity contribution in [3.8, 4) is 11.5 Å². The van der Waals surface area contributed by atoms with Crippen molar-refractivity contribution in [3.05, 3.63) is 120 Å². The fourth-order valence-electron chi connectivity index (χ4n) is 4.63. The van der Waals surface area contributed by atoms with E-state index in [2.05, 4.69) is 24.3 Å². The lowest BCUT2D eigenvalue weighted by Crippen LogP contribution is -2.33. The van der Waals surface area contributed by atoms with E-state index in [1.54, 1.807) is 0 Å². The highest BCUT2D eigenvalue weighted by molar-refractivity contribution is 5.95. The van der Waals surface area contributed by atoms with E-state index in [1.807, 2.05) is 78.9 Å². The Labute approximate surface area is 168 Å². The highest BCUT2D eigenvalue weighted by Gasteiger charge is 2.44. The molecule has 0 amide bonds. The van der Waals surface area contributed by atoms with Crippen LogP contribution in [0.3, 0.4) is 0 Å². The predicted molar refractivity (Wildman–Crippen MR) is 117 cm³/mol. The lowest BCUT2D eigenvalue weighted by atomic mass is 9.74. The molecule has 0 saturated carbocycles. The van der Waals surface area contributed by atoms with Crippen LogP contribution in [0.25, 0.3) is 21.5 Å². The van der Waals surface area contributed by atoms with E-state index in [4.69, 9.17) is 4.74 Å². The maximum atomic E-state index is 12.6. The molecule has 0 radical (unpaired) electrons. The summed E-state index contributed by atoms with van der Waals surface area (Å²) in [5.41, 5.74) is 1.10. The third kappa shape index (κ3) is 2.21. The van der Waals surface area contributed by atoms with Crippen LogP contribution in [0.4, 0.5) is 0 Å². The molecule has 29 heavy (non-hydrogen) atoms. The SMILES string of the molecule is OC1(c2ccccc2)c2c(ccc3ccccc23)Oc2ccc3ccccc3c21. The van der Waals surface area contributed by atoms with E-state index in [9.17, 15) is 5.11 Å². The Morgan fingerprint density at radius 3 is 1.55 bits per heavy atom. The van der Waals surface area contributed by atoms with Crippen molar-refractivity contribution in [2.75, 3.05) is 0 Å². The van der Waals surface area contributed by atoms with Gasteiger partial charge in [-0.1, -0.05) is 91.0 Å². The van der Waals surface area contributed by atoms with Gasteiger partial charge in [0.2, 0.25) is 0 Å². The van der Waals surface area contributed by atoms with Gasteiger partial charge < -0.3 is 9.84 Å². The van der Waals surface area contributed by atoms with Crippen LogP contribution >= 0.6 is 0 Å². The first-order valence-corrected chi connectivity index (χ1v) is 9.77. The van der Waals surface area contributed by atoms with Crippen molar-refractivity contribution in [3.63, 3.8) is 0 Å². The van der Waals surface area contributed by atoms with Gasteiger partial charge in [-0.3, -0.25) is 0 Å². The molecular formula is C27H18O2. The fourth-order valence-corrected chi connectivity index (χ4v) is 4.63. The van der Waals surface area contributed by atoms with Gasteiger partial charge in [-0.15, -0.1) is 0 Å². The molecule has 5 aromatic rings. The number of aliphatic hydroxyl groups is 1. The van der Waals surface area contributed by atoms with Crippen molar-refractivity contribution in [1.82, 2.24) is 0 Å². The summed E-state index contributed by atoms with van der Waals surface area (Å²) >= 11 is 0. The summed E-state index contributed by atoms with van der Waals surface area (Å²) < 4.78 is 6.35. The van der Waals surface area contributed by atoms with E-state index in [0.717, 1.165) is 38.2 Å². The molecule has 0 spiro atoms. The number of fused-ring (bicyclic) bond motifs is 6. The maximum absolute atomic E-state index is 12.6. The molecule has 0 aromatic heterocycles. The molecule has 1 N–H and O–H groups in total. The molecule has 0 bridgehead atoms. The van der Waals surface area contributed by atoms with Crippen LogP contribution in [-0.4, -0.2) is 5.11 Å². The van der Waals surface area contributed by atoms with E-state index in [1.165, 1.54) is 0 Å². The lowest BCUT2D eigenvalue weighted by Gasteiger charge is -2.38. The van der Waals surface area contributed by atoms with Gasteiger partial charge in [-0.2, -0.15) is 0 Å². The molecule has 0 aliphatic carbocycles. The molecule has 0 atom stereocenters. The molecule has 2 nitrogen and oxygen atoms in total. The van der Waals surface area contributed by atoms with Gasteiger partial charge in [-0.05, 0) is 39.2 Å². The van der Waals surface area contributed by atoms with Crippen molar-refractivity contribution in [2.45, 2.75) is 5.60 Å². The van der Waals surface area contributed by atoms with Gasteiger partial charge in [0.05, 0.1) is 0 Å². The smallest absolute Gasteiger partial charge is 0.148 e. The van der Waals surface area contributed by atoms with E-state index < -0.39 is 5.60 Å². The highest BCUT2D eigenvalue weighted by Crippen LogP contribution is 2.54. The Kier molecular flexibility index (Phi) is 3.35. The van der Waals surface area contributed by atoms with Gasteiger partial charge in [0.15, 0.2) is 0 Å². The number of rotatable bonds is 1. The monoisotopic (exact) mass is 374 g/mol. The van der Waals surface area contributed by atoms with Crippen molar-refractivity contribution >= 4 is 21.5 Å². The van der Waals surface area contributed by atoms with E-state index >= 15 is 0 Å². The maximum Gasteiger partial charge on any atom is 0.148 e. The molecular weight excluding hydrogens is 356 g/mol. The topological polar surface area (TPSA) is 29.5 Å². The molecule has 5 aromatic carbocycles. The van der Waals surface area contributed by atoms with Gasteiger partial charge in [0, 0.05) is 11.1 Å². The van der Waals surface area contributed by atoms with Gasteiger partial charge >= 0.3 is 0 Å². The van der Waals surface area contributed by atoms with Crippen LogP contribution < -0.4 is 4.74 Å². The largest absolute Gasteiger partial charge is 0.456 e. The average molecular weight is 374 g/mol. The third-order valence-electron chi connectivity index (χ3n) is 5.92. The highest BCUT2D eigenvalue weighted by atomic mass is 16.5. The number of hydrogen-bond acceptors (Lipinski definition) is 2. The van der Waals surface area contributed by atoms with Crippen LogP contribution in [0, 0.1) is 0 Å². The molecule has 1 aliphatic heterocycles. The second-order valence-electron chi connectivity index (χ2n) is 7.50. The summed E-state index contributed by atoms with van der Waals surface area (Å²) in [6.45, 7) is 0. The van der Waals surface area contributed by atoms with Crippen LogP contribution in [0.1, 0.15) is 16.7 Å². The summed E-state index contributed by atoms with van der Waals surface area (Å²) in [5.74, 6) is 1.38. The van der Waals surface area contributed by atoms with Crippen molar-refractivity contribution in [1.29, 1.82) is 0 Å². The molecule has 0 fully saturated rings. The molecule has 1 aliphatic rings. The van der Waals surface area contributed by atoms with E-state index in [-0.39, 0.29) is 0 Å². The lowest BCUT2D eigenvalue weighted by molar-refractivity contribution is 0.116.